The Morgan fingerprint density at radius 2 is 2.12 bits per heavy atom. The molecule has 96 valence electrons. The summed E-state index contributed by atoms with van der Waals surface area (Å²) in [7, 11) is 0. The minimum atomic E-state index is -0.190. The van der Waals surface area contributed by atoms with Crippen molar-refractivity contribution in [3.8, 4) is 0 Å². The van der Waals surface area contributed by atoms with E-state index in [0.717, 1.165) is 19.4 Å². The molecule has 0 aliphatic carbocycles. The van der Waals surface area contributed by atoms with Crippen LogP contribution in [0.15, 0.2) is 24.3 Å². The summed E-state index contributed by atoms with van der Waals surface area (Å²) in [4.78, 5) is 0. The lowest BCUT2D eigenvalue weighted by atomic mass is 10.2. The zero-order chi connectivity index (χ0) is 12.5. The molecule has 0 radical (unpaired) electrons. The number of hydrogen-bond acceptors (Lipinski definition) is 2. The fourth-order valence-electron chi connectivity index (χ4n) is 1.55. The Balaban J connectivity index is 2.14. The number of hydrogen-bond donors (Lipinski definition) is 1. The third-order valence-electron chi connectivity index (χ3n) is 2.65. The fraction of sp³-hybridized carbons (Fsp3) is 0.571. The SMILES string of the molecule is CCCNC(C)CCOCc1ccccc1F. The second-order valence-corrected chi connectivity index (χ2v) is 4.29. The molecule has 1 unspecified atom stereocenters. The number of halogens is 1. The molecular formula is C14H22FNO. The van der Waals surface area contributed by atoms with Crippen LogP contribution < -0.4 is 5.32 Å². The van der Waals surface area contributed by atoms with Crippen LogP contribution in [0.4, 0.5) is 4.39 Å². The van der Waals surface area contributed by atoms with E-state index >= 15 is 0 Å². The molecule has 0 bridgehead atoms. The predicted molar refractivity (Wildman–Crippen MR) is 68.4 cm³/mol. The van der Waals surface area contributed by atoms with Crippen molar-refractivity contribution in [1.29, 1.82) is 0 Å². The molecule has 1 N–H and O–H groups in total. The average Bonchev–Trinajstić information content (AvgIpc) is 2.34. The Morgan fingerprint density at radius 3 is 2.82 bits per heavy atom. The summed E-state index contributed by atoms with van der Waals surface area (Å²) in [5.41, 5.74) is 0.627. The Bertz CT molecular complexity index is 317. The lowest BCUT2D eigenvalue weighted by Gasteiger charge is -2.13. The van der Waals surface area contributed by atoms with Crippen LogP contribution in [0.25, 0.3) is 0 Å². The van der Waals surface area contributed by atoms with Crippen molar-refractivity contribution in [2.45, 2.75) is 39.3 Å². The Hall–Kier alpha value is -0.930. The molecule has 0 heterocycles. The Morgan fingerprint density at radius 1 is 1.35 bits per heavy atom. The molecular weight excluding hydrogens is 217 g/mol. The number of ether oxygens (including phenoxy) is 1. The first kappa shape index (κ1) is 14.1. The quantitative estimate of drug-likeness (QED) is 0.704. The van der Waals surface area contributed by atoms with E-state index in [2.05, 4.69) is 19.2 Å². The molecule has 1 rings (SSSR count). The van der Waals surface area contributed by atoms with E-state index in [1.54, 1.807) is 12.1 Å². The normalized spacial score (nSPS) is 12.6. The van der Waals surface area contributed by atoms with Gasteiger partial charge in [-0.1, -0.05) is 25.1 Å². The summed E-state index contributed by atoms with van der Waals surface area (Å²) in [6.45, 7) is 6.34. The molecule has 1 atom stereocenters. The van der Waals surface area contributed by atoms with Crippen LogP contribution in [0.3, 0.4) is 0 Å². The van der Waals surface area contributed by atoms with Gasteiger partial charge in [0.25, 0.3) is 0 Å². The van der Waals surface area contributed by atoms with Crippen LogP contribution in [0.5, 0.6) is 0 Å². The van der Waals surface area contributed by atoms with Crippen molar-refractivity contribution in [2.75, 3.05) is 13.2 Å². The van der Waals surface area contributed by atoms with Gasteiger partial charge in [-0.25, -0.2) is 4.39 Å². The van der Waals surface area contributed by atoms with Crippen LogP contribution in [0.2, 0.25) is 0 Å². The van der Waals surface area contributed by atoms with Gasteiger partial charge in [0.05, 0.1) is 6.61 Å². The molecule has 17 heavy (non-hydrogen) atoms. The highest BCUT2D eigenvalue weighted by atomic mass is 19.1. The average molecular weight is 239 g/mol. The van der Waals surface area contributed by atoms with Gasteiger partial charge < -0.3 is 10.1 Å². The van der Waals surface area contributed by atoms with Crippen molar-refractivity contribution in [3.63, 3.8) is 0 Å². The topological polar surface area (TPSA) is 21.3 Å². The second kappa shape index (κ2) is 8.20. The molecule has 1 aromatic rings. The van der Waals surface area contributed by atoms with E-state index < -0.39 is 0 Å². The summed E-state index contributed by atoms with van der Waals surface area (Å²) in [5, 5.41) is 3.39. The number of nitrogens with one attached hydrogen (secondary N) is 1. The standard InChI is InChI=1S/C14H22FNO/c1-3-9-16-12(2)8-10-17-11-13-6-4-5-7-14(13)15/h4-7,12,16H,3,8-11H2,1-2H3. The van der Waals surface area contributed by atoms with Gasteiger partial charge in [0.2, 0.25) is 0 Å². The minimum absolute atomic E-state index is 0.190. The smallest absolute Gasteiger partial charge is 0.128 e. The van der Waals surface area contributed by atoms with Gasteiger partial charge in [-0.3, -0.25) is 0 Å². The lowest BCUT2D eigenvalue weighted by Crippen LogP contribution is -2.27. The van der Waals surface area contributed by atoms with Crippen LogP contribution in [-0.4, -0.2) is 19.2 Å². The van der Waals surface area contributed by atoms with Gasteiger partial charge in [-0.15, -0.1) is 0 Å². The van der Waals surface area contributed by atoms with Crippen LogP contribution >= 0.6 is 0 Å². The number of benzene rings is 1. The highest BCUT2D eigenvalue weighted by molar-refractivity contribution is 5.16. The molecule has 0 spiro atoms. The molecule has 2 nitrogen and oxygen atoms in total. The van der Waals surface area contributed by atoms with Crippen molar-refractivity contribution >= 4 is 0 Å². The molecule has 0 amide bonds. The third kappa shape index (κ3) is 5.80. The van der Waals surface area contributed by atoms with E-state index in [1.807, 2.05) is 6.07 Å². The highest BCUT2D eigenvalue weighted by Crippen LogP contribution is 2.07. The van der Waals surface area contributed by atoms with E-state index in [9.17, 15) is 4.39 Å². The minimum Gasteiger partial charge on any atom is -0.377 e. The fourth-order valence-corrected chi connectivity index (χ4v) is 1.55. The maximum Gasteiger partial charge on any atom is 0.128 e. The van der Waals surface area contributed by atoms with E-state index in [0.29, 0.717) is 24.8 Å². The molecule has 0 saturated carbocycles. The molecule has 0 saturated heterocycles. The summed E-state index contributed by atoms with van der Waals surface area (Å²) in [6.07, 6.45) is 2.09. The maximum atomic E-state index is 13.2. The van der Waals surface area contributed by atoms with Gasteiger partial charge in [0, 0.05) is 18.2 Å². The first-order chi connectivity index (χ1) is 8.24. The lowest BCUT2D eigenvalue weighted by molar-refractivity contribution is 0.110. The molecule has 0 fully saturated rings. The second-order valence-electron chi connectivity index (χ2n) is 4.29. The van der Waals surface area contributed by atoms with E-state index in [-0.39, 0.29) is 5.82 Å². The molecule has 0 aromatic heterocycles. The van der Waals surface area contributed by atoms with E-state index in [1.165, 1.54) is 6.07 Å². The highest BCUT2D eigenvalue weighted by Gasteiger charge is 2.02. The van der Waals surface area contributed by atoms with Crippen LogP contribution in [0, 0.1) is 5.82 Å². The van der Waals surface area contributed by atoms with Crippen LogP contribution in [-0.2, 0) is 11.3 Å². The van der Waals surface area contributed by atoms with Gasteiger partial charge >= 0.3 is 0 Å². The van der Waals surface area contributed by atoms with Crippen molar-refractivity contribution < 1.29 is 9.13 Å². The van der Waals surface area contributed by atoms with Gasteiger partial charge in [0.15, 0.2) is 0 Å². The van der Waals surface area contributed by atoms with Crippen molar-refractivity contribution in [3.05, 3.63) is 35.6 Å². The molecule has 3 heteroatoms. The van der Waals surface area contributed by atoms with Crippen LogP contribution in [0.1, 0.15) is 32.3 Å². The summed E-state index contributed by atoms with van der Waals surface area (Å²) in [6, 6.07) is 7.19. The Labute approximate surface area is 103 Å². The Kier molecular flexibility index (Phi) is 6.82. The summed E-state index contributed by atoms with van der Waals surface area (Å²) < 4.78 is 18.7. The monoisotopic (exact) mass is 239 g/mol. The third-order valence-corrected chi connectivity index (χ3v) is 2.65. The zero-order valence-electron chi connectivity index (χ0n) is 10.7. The van der Waals surface area contributed by atoms with Gasteiger partial charge in [0.1, 0.15) is 5.82 Å². The van der Waals surface area contributed by atoms with Gasteiger partial charge in [-0.05, 0) is 32.4 Å². The number of rotatable bonds is 8. The largest absolute Gasteiger partial charge is 0.377 e. The first-order valence-corrected chi connectivity index (χ1v) is 6.28. The molecule has 0 aliphatic heterocycles. The van der Waals surface area contributed by atoms with Crippen molar-refractivity contribution in [1.82, 2.24) is 5.32 Å². The maximum absolute atomic E-state index is 13.2. The molecule has 1 aromatic carbocycles. The molecule has 0 aliphatic rings. The van der Waals surface area contributed by atoms with Crippen molar-refractivity contribution in [2.24, 2.45) is 0 Å². The first-order valence-electron chi connectivity index (χ1n) is 6.28. The predicted octanol–water partition coefficient (Wildman–Crippen LogP) is 3.12. The van der Waals surface area contributed by atoms with E-state index in [4.69, 9.17) is 4.74 Å². The summed E-state index contributed by atoms with van der Waals surface area (Å²) >= 11 is 0. The zero-order valence-corrected chi connectivity index (χ0v) is 10.7. The summed E-state index contributed by atoms with van der Waals surface area (Å²) in [5.74, 6) is -0.190. The van der Waals surface area contributed by atoms with Gasteiger partial charge in [-0.2, -0.15) is 0 Å².